The lowest BCUT2D eigenvalue weighted by Crippen LogP contribution is -2.40. The van der Waals surface area contributed by atoms with Crippen molar-refractivity contribution in [2.24, 2.45) is 5.92 Å². The summed E-state index contributed by atoms with van der Waals surface area (Å²) in [5.41, 5.74) is 1.11. The van der Waals surface area contributed by atoms with Crippen molar-refractivity contribution in [1.82, 2.24) is 10.6 Å². The number of amides is 2. The molecule has 1 aliphatic heterocycles. The molecule has 0 saturated carbocycles. The molecule has 1 aliphatic rings. The van der Waals surface area contributed by atoms with Crippen molar-refractivity contribution >= 4 is 6.03 Å². The highest BCUT2D eigenvalue weighted by molar-refractivity contribution is 5.74. The number of urea groups is 1. The Morgan fingerprint density at radius 1 is 1.29 bits per heavy atom. The summed E-state index contributed by atoms with van der Waals surface area (Å²) in [5, 5.41) is 14.4. The average molecular weight is 292 g/mol. The summed E-state index contributed by atoms with van der Waals surface area (Å²) in [7, 11) is 0. The van der Waals surface area contributed by atoms with E-state index in [-0.39, 0.29) is 25.2 Å². The van der Waals surface area contributed by atoms with Crippen LogP contribution < -0.4 is 10.6 Å². The van der Waals surface area contributed by atoms with E-state index in [4.69, 9.17) is 9.84 Å². The van der Waals surface area contributed by atoms with E-state index in [1.807, 2.05) is 30.3 Å². The van der Waals surface area contributed by atoms with Gasteiger partial charge in [-0.2, -0.15) is 0 Å². The van der Waals surface area contributed by atoms with E-state index >= 15 is 0 Å². The molecule has 2 rings (SSSR count). The Hall–Kier alpha value is -1.59. The van der Waals surface area contributed by atoms with Crippen LogP contribution in [0, 0.1) is 5.92 Å². The maximum absolute atomic E-state index is 11.9. The fourth-order valence-electron chi connectivity index (χ4n) is 2.66. The molecule has 1 aromatic carbocycles. The number of carbonyl (C=O) groups excluding carboxylic acids is 1. The van der Waals surface area contributed by atoms with Crippen molar-refractivity contribution in [3.63, 3.8) is 0 Å². The summed E-state index contributed by atoms with van der Waals surface area (Å²) in [6, 6.07) is 9.78. The van der Waals surface area contributed by atoms with Crippen molar-refractivity contribution in [2.45, 2.75) is 25.3 Å². The first-order valence-electron chi connectivity index (χ1n) is 7.57. The lowest BCUT2D eigenvalue weighted by Gasteiger charge is -2.27. The maximum Gasteiger partial charge on any atom is 0.315 e. The molecule has 0 aliphatic carbocycles. The summed E-state index contributed by atoms with van der Waals surface area (Å²) in [4.78, 5) is 11.9. The summed E-state index contributed by atoms with van der Waals surface area (Å²) < 4.78 is 5.39. The minimum absolute atomic E-state index is 0.00649. The maximum atomic E-state index is 11.9. The Labute approximate surface area is 125 Å². The predicted octanol–water partition coefficient (Wildman–Crippen LogP) is 1.84. The number of hydrogen-bond donors (Lipinski definition) is 3. The molecule has 3 N–H and O–H groups in total. The molecule has 1 heterocycles. The van der Waals surface area contributed by atoms with Crippen molar-refractivity contribution in [1.29, 1.82) is 0 Å². The SMILES string of the molecule is O=C(NCCO)NC(CC1CCOCC1)c1ccccc1. The smallest absolute Gasteiger partial charge is 0.315 e. The van der Waals surface area contributed by atoms with Crippen molar-refractivity contribution in [3.05, 3.63) is 35.9 Å². The number of carbonyl (C=O) groups is 1. The third-order valence-corrected chi connectivity index (χ3v) is 3.81. The van der Waals surface area contributed by atoms with Gasteiger partial charge in [0.2, 0.25) is 0 Å². The number of aliphatic hydroxyl groups excluding tert-OH is 1. The second kappa shape index (κ2) is 8.64. The topological polar surface area (TPSA) is 70.6 Å². The summed E-state index contributed by atoms with van der Waals surface area (Å²) in [6.45, 7) is 1.83. The second-order valence-corrected chi connectivity index (χ2v) is 5.38. The minimum Gasteiger partial charge on any atom is -0.395 e. The third-order valence-electron chi connectivity index (χ3n) is 3.81. The van der Waals surface area contributed by atoms with Gasteiger partial charge in [0.05, 0.1) is 12.6 Å². The molecule has 0 radical (unpaired) electrons. The molecule has 1 aromatic rings. The van der Waals surface area contributed by atoms with Gasteiger partial charge in [-0.3, -0.25) is 0 Å². The first kappa shape index (κ1) is 15.8. The summed E-state index contributed by atoms with van der Waals surface area (Å²) in [5.74, 6) is 0.571. The Kier molecular flexibility index (Phi) is 6.50. The highest BCUT2D eigenvalue weighted by atomic mass is 16.5. The zero-order chi connectivity index (χ0) is 14.9. The van der Waals surface area contributed by atoms with Gasteiger partial charge in [0, 0.05) is 19.8 Å². The first-order chi connectivity index (χ1) is 10.3. The Bertz CT molecular complexity index is 419. The van der Waals surface area contributed by atoms with Crippen LogP contribution in [0.3, 0.4) is 0 Å². The molecule has 5 heteroatoms. The number of aliphatic hydroxyl groups is 1. The van der Waals surface area contributed by atoms with E-state index in [0.29, 0.717) is 5.92 Å². The van der Waals surface area contributed by atoms with Crippen LogP contribution in [0.1, 0.15) is 30.9 Å². The Morgan fingerprint density at radius 3 is 2.67 bits per heavy atom. The van der Waals surface area contributed by atoms with E-state index in [2.05, 4.69) is 10.6 Å². The van der Waals surface area contributed by atoms with Gasteiger partial charge in [0.25, 0.3) is 0 Å². The number of nitrogens with one attached hydrogen (secondary N) is 2. The standard InChI is InChI=1S/C16H24N2O3/c19-9-8-17-16(20)18-15(14-4-2-1-3-5-14)12-13-6-10-21-11-7-13/h1-5,13,15,19H,6-12H2,(H2,17,18,20). The van der Waals surface area contributed by atoms with E-state index in [0.717, 1.165) is 38.0 Å². The van der Waals surface area contributed by atoms with Crippen LogP contribution in [0.5, 0.6) is 0 Å². The lowest BCUT2D eigenvalue weighted by molar-refractivity contribution is 0.0609. The predicted molar refractivity (Wildman–Crippen MR) is 81.0 cm³/mol. The molecule has 2 amide bonds. The molecule has 116 valence electrons. The van der Waals surface area contributed by atoms with Gasteiger partial charge in [0.1, 0.15) is 0 Å². The highest BCUT2D eigenvalue weighted by Gasteiger charge is 2.21. The molecule has 21 heavy (non-hydrogen) atoms. The van der Waals surface area contributed by atoms with E-state index in [9.17, 15) is 4.79 Å². The monoisotopic (exact) mass is 292 g/mol. The minimum atomic E-state index is -0.232. The fourth-order valence-corrected chi connectivity index (χ4v) is 2.66. The zero-order valence-corrected chi connectivity index (χ0v) is 12.3. The second-order valence-electron chi connectivity index (χ2n) is 5.38. The molecular formula is C16H24N2O3. The number of benzene rings is 1. The quantitative estimate of drug-likeness (QED) is 0.749. The van der Waals surface area contributed by atoms with E-state index < -0.39 is 0 Å². The normalized spacial score (nSPS) is 17.2. The third kappa shape index (κ3) is 5.36. The van der Waals surface area contributed by atoms with Gasteiger partial charge in [-0.1, -0.05) is 30.3 Å². The summed E-state index contributed by atoms with van der Waals surface area (Å²) >= 11 is 0. The zero-order valence-electron chi connectivity index (χ0n) is 12.3. The van der Waals surface area contributed by atoms with Gasteiger partial charge in [0.15, 0.2) is 0 Å². The molecule has 0 spiro atoms. The highest BCUT2D eigenvalue weighted by Crippen LogP contribution is 2.27. The molecule has 0 bridgehead atoms. The van der Waals surface area contributed by atoms with Gasteiger partial charge >= 0.3 is 6.03 Å². The van der Waals surface area contributed by atoms with Crippen molar-refractivity contribution in [3.8, 4) is 0 Å². The Morgan fingerprint density at radius 2 is 2.00 bits per heavy atom. The number of ether oxygens (including phenoxy) is 1. The van der Waals surface area contributed by atoms with Crippen molar-refractivity contribution in [2.75, 3.05) is 26.4 Å². The van der Waals surface area contributed by atoms with Crippen LogP contribution in [-0.4, -0.2) is 37.5 Å². The van der Waals surface area contributed by atoms with Gasteiger partial charge in [-0.15, -0.1) is 0 Å². The molecule has 5 nitrogen and oxygen atoms in total. The van der Waals surface area contributed by atoms with Crippen LogP contribution in [0.15, 0.2) is 30.3 Å². The Balaban J connectivity index is 1.97. The van der Waals surface area contributed by atoms with E-state index in [1.54, 1.807) is 0 Å². The van der Waals surface area contributed by atoms with Crippen LogP contribution in [0.2, 0.25) is 0 Å². The van der Waals surface area contributed by atoms with Gasteiger partial charge in [-0.25, -0.2) is 4.79 Å². The van der Waals surface area contributed by atoms with Crippen LogP contribution in [0.4, 0.5) is 4.79 Å². The molecule has 0 aromatic heterocycles. The molecule has 1 saturated heterocycles. The average Bonchev–Trinajstić information content (AvgIpc) is 2.54. The molecule has 1 atom stereocenters. The fraction of sp³-hybridized carbons (Fsp3) is 0.562. The molecular weight excluding hydrogens is 268 g/mol. The largest absolute Gasteiger partial charge is 0.395 e. The molecule has 1 fully saturated rings. The van der Waals surface area contributed by atoms with Gasteiger partial charge < -0.3 is 20.5 Å². The summed E-state index contributed by atoms with van der Waals surface area (Å²) in [6.07, 6.45) is 3.01. The van der Waals surface area contributed by atoms with Crippen LogP contribution >= 0.6 is 0 Å². The lowest BCUT2D eigenvalue weighted by atomic mass is 9.89. The molecule has 1 unspecified atom stereocenters. The van der Waals surface area contributed by atoms with Gasteiger partial charge in [-0.05, 0) is 30.7 Å². The van der Waals surface area contributed by atoms with Crippen LogP contribution in [0.25, 0.3) is 0 Å². The van der Waals surface area contributed by atoms with Crippen LogP contribution in [-0.2, 0) is 4.74 Å². The number of hydrogen-bond acceptors (Lipinski definition) is 3. The first-order valence-corrected chi connectivity index (χ1v) is 7.57. The van der Waals surface area contributed by atoms with Crippen molar-refractivity contribution < 1.29 is 14.6 Å². The number of rotatable bonds is 6. The van der Waals surface area contributed by atoms with E-state index in [1.165, 1.54) is 0 Å².